The average molecular weight is 397 g/mol. The third kappa shape index (κ3) is 5.10. The quantitative estimate of drug-likeness (QED) is 0.581. The van der Waals surface area contributed by atoms with Crippen LogP contribution in [0.3, 0.4) is 0 Å². The van der Waals surface area contributed by atoms with Crippen molar-refractivity contribution in [3.8, 4) is 11.4 Å². The molecule has 0 aliphatic rings. The molecule has 0 aliphatic heterocycles. The Kier molecular flexibility index (Phi) is 6.43. The van der Waals surface area contributed by atoms with Gasteiger partial charge in [0, 0.05) is 5.56 Å². The first-order valence-electron chi connectivity index (χ1n) is 9.40. The molecule has 0 spiro atoms. The van der Waals surface area contributed by atoms with Crippen LogP contribution in [0.4, 0.5) is 0 Å². The van der Waals surface area contributed by atoms with E-state index in [2.05, 4.69) is 22.4 Å². The molecule has 3 rings (SSSR count). The summed E-state index contributed by atoms with van der Waals surface area (Å²) in [5.41, 5.74) is 2.03. The highest BCUT2D eigenvalue weighted by Gasteiger charge is 2.27. The van der Waals surface area contributed by atoms with Crippen molar-refractivity contribution in [1.29, 1.82) is 0 Å². The largest absolute Gasteiger partial charge is 0.459 e. The molecular weight excluding hydrogens is 374 g/mol. The van der Waals surface area contributed by atoms with E-state index >= 15 is 0 Å². The number of carbonyl (C=O) groups is 2. The SMILES string of the molecule is CCc1ccc(-c2noc(COC(=O)[C@@H](NC(=O)c3ccco3)C(C)C)n2)cc1. The molecule has 0 saturated heterocycles. The Hall–Kier alpha value is -3.42. The van der Waals surface area contributed by atoms with Gasteiger partial charge >= 0.3 is 5.97 Å². The molecule has 0 saturated carbocycles. The third-order valence-electron chi connectivity index (χ3n) is 4.38. The number of furan rings is 1. The molecule has 29 heavy (non-hydrogen) atoms. The van der Waals surface area contributed by atoms with Crippen LogP contribution in [0, 0.1) is 5.92 Å². The lowest BCUT2D eigenvalue weighted by Crippen LogP contribution is -2.45. The number of hydrogen-bond donors (Lipinski definition) is 1. The van der Waals surface area contributed by atoms with E-state index in [1.165, 1.54) is 17.9 Å². The first kappa shape index (κ1) is 20.3. The number of aromatic nitrogens is 2. The first-order chi connectivity index (χ1) is 14.0. The first-order valence-corrected chi connectivity index (χ1v) is 9.40. The Morgan fingerprint density at radius 3 is 2.55 bits per heavy atom. The summed E-state index contributed by atoms with van der Waals surface area (Å²) in [5.74, 6) is -0.540. The maximum absolute atomic E-state index is 12.5. The summed E-state index contributed by atoms with van der Waals surface area (Å²) in [7, 11) is 0. The predicted octanol–water partition coefficient (Wildman–Crippen LogP) is 3.39. The van der Waals surface area contributed by atoms with Crippen LogP contribution in [0.25, 0.3) is 11.4 Å². The Labute approximate surface area is 168 Å². The topological polar surface area (TPSA) is 107 Å². The van der Waals surface area contributed by atoms with Crippen molar-refractivity contribution in [3.63, 3.8) is 0 Å². The van der Waals surface area contributed by atoms with Crippen molar-refractivity contribution in [2.24, 2.45) is 5.92 Å². The normalized spacial score (nSPS) is 12.0. The Morgan fingerprint density at radius 1 is 1.17 bits per heavy atom. The van der Waals surface area contributed by atoms with E-state index in [1.807, 2.05) is 24.3 Å². The molecule has 2 aromatic heterocycles. The highest BCUT2D eigenvalue weighted by Crippen LogP contribution is 2.17. The summed E-state index contributed by atoms with van der Waals surface area (Å²) in [5, 5.41) is 6.55. The molecule has 3 aromatic rings. The molecule has 1 atom stereocenters. The maximum Gasteiger partial charge on any atom is 0.329 e. The van der Waals surface area contributed by atoms with E-state index in [0.717, 1.165) is 12.0 Å². The number of nitrogens with one attached hydrogen (secondary N) is 1. The smallest absolute Gasteiger partial charge is 0.329 e. The second-order valence-electron chi connectivity index (χ2n) is 6.84. The molecule has 0 fully saturated rings. The van der Waals surface area contributed by atoms with Crippen LogP contribution in [-0.4, -0.2) is 28.1 Å². The van der Waals surface area contributed by atoms with Crippen LogP contribution in [0.1, 0.15) is 42.8 Å². The van der Waals surface area contributed by atoms with Gasteiger partial charge in [-0.15, -0.1) is 0 Å². The molecular formula is C21H23N3O5. The third-order valence-corrected chi connectivity index (χ3v) is 4.38. The summed E-state index contributed by atoms with van der Waals surface area (Å²) >= 11 is 0. The fourth-order valence-electron chi connectivity index (χ4n) is 2.66. The van der Waals surface area contributed by atoms with Crippen LogP contribution < -0.4 is 5.32 Å². The Bertz CT molecular complexity index is 945. The predicted molar refractivity (Wildman–Crippen MR) is 104 cm³/mol. The highest BCUT2D eigenvalue weighted by molar-refractivity contribution is 5.94. The minimum absolute atomic E-state index is 0.124. The van der Waals surface area contributed by atoms with Gasteiger partial charge in [-0.1, -0.05) is 50.2 Å². The molecule has 152 valence electrons. The van der Waals surface area contributed by atoms with Gasteiger partial charge in [0.1, 0.15) is 6.04 Å². The minimum atomic E-state index is -0.836. The number of benzene rings is 1. The van der Waals surface area contributed by atoms with Crippen molar-refractivity contribution < 1.29 is 23.3 Å². The van der Waals surface area contributed by atoms with Gasteiger partial charge in [0.25, 0.3) is 11.8 Å². The van der Waals surface area contributed by atoms with Gasteiger partial charge in [-0.2, -0.15) is 4.98 Å². The van der Waals surface area contributed by atoms with Gasteiger partial charge in [0.05, 0.1) is 6.26 Å². The van der Waals surface area contributed by atoms with Crippen molar-refractivity contribution >= 4 is 11.9 Å². The fraction of sp³-hybridized carbons (Fsp3) is 0.333. The van der Waals surface area contributed by atoms with E-state index in [0.29, 0.717) is 5.82 Å². The number of rotatable bonds is 8. The van der Waals surface area contributed by atoms with E-state index in [-0.39, 0.29) is 24.2 Å². The minimum Gasteiger partial charge on any atom is -0.459 e. The van der Waals surface area contributed by atoms with E-state index in [4.69, 9.17) is 13.7 Å². The van der Waals surface area contributed by atoms with Gasteiger partial charge < -0.3 is 19.0 Å². The van der Waals surface area contributed by atoms with E-state index in [9.17, 15) is 9.59 Å². The number of amides is 1. The van der Waals surface area contributed by atoms with Crippen LogP contribution >= 0.6 is 0 Å². The van der Waals surface area contributed by atoms with Crippen molar-refractivity contribution in [3.05, 3.63) is 59.9 Å². The molecule has 2 heterocycles. The number of esters is 1. The lowest BCUT2D eigenvalue weighted by molar-refractivity contribution is -0.149. The highest BCUT2D eigenvalue weighted by atomic mass is 16.6. The molecule has 0 radical (unpaired) electrons. The van der Waals surface area contributed by atoms with Crippen LogP contribution in [0.15, 0.2) is 51.6 Å². The summed E-state index contributed by atoms with van der Waals surface area (Å²) in [4.78, 5) is 28.9. The zero-order valence-corrected chi connectivity index (χ0v) is 16.5. The number of aryl methyl sites for hydroxylation is 1. The number of nitrogens with zero attached hydrogens (tertiary/aromatic N) is 2. The van der Waals surface area contributed by atoms with Crippen LogP contribution in [-0.2, 0) is 22.6 Å². The molecule has 8 heteroatoms. The number of ether oxygens (including phenoxy) is 1. The molecule has 0 bridgehead atoms. The lowest BCUT2D eigenvalue weighted by Gasteiger charge is -2.19. The lowest BCUT2D eigenvalue weighted by atomic mass is 10.0. The summed E-state index contributed by atoms with van der Waals surface area (Å²) < 4.78 is 15.5. The standard InChI is InChI=1S/C21H23N3O5/c1-4-14-7-9-15(10-8-14)19-22-17(29-24-19)12-28-21(26)18(13(2)3)23-20(25)16-6-5-11-27-16/h5-11,13,18H,4,12H2,1-3H3,(H,23,25)/t18-/m0/s1. The Balaban J connectivity index is 1.59. The summed E-state index contributed by atoms with van der Waals surface area (Å²) in [6, 6.07) is 10.1. The molecule has 8 nitrogen and oxygen atoms in total. The summed E-state index contributed by atoms with van der Waals surface area (Å²) in [6.45, 7) is 5.51. The second-order valence-corrected chi connectivity index (χ2v) is 6.84. The van der Waals surface area contributed by atoms with Crippen molar-refractivity contribution in [2.45, 2.75) is 39.8 Å². The Morgan fingerprint density at radius 2 is 1.93 bits per heavy atom. The number of carbonyl (C=O) groups excluding carboxylic acids is 2. The molecule has 0 unspecified atom stereocenters. The van der Waals surface area contributed by atoms with Crippen molar-refractivity contribution in [1.82, 2.24) is 15.5 Å². The molecule has 1 aromatic carbocycles. The van der Waals surface area contributed by atoms with E-state index < -0.39 is 17.9 Å². The van der Waals surface area contributed by atoms with E-state index in [1.54, 1.807) is 19.9 Å². The second kappa shape index (κ2) is 9.18. The monoisotopic (exact) mass is 397 g/mol. The maximum atomic E-state index is 12.5. The van der Waals surface area contributed by atoms with Gasteiger partial charge in [-0.05, 0) is 30.0 Å². The zero-order valence-electron chi connectivity index (χ0n) is 16.5. The van der Waals surface area contributed by atoms with Gasteiger partial charge in [-0.25, -0.2) is 4.79 Å². The van der Waals surface area contributed by atoms with Gasteiger partial charge in [0.15, 0.2) is 12.4 Å². The molecule has 0 aliphatic carbocycles. The zero-order chi connectivity index (χ0) is 20.8. The number of hydrogen-bond acceptors (Lipinski definition) is 7. The van der Waals surface area contributed by atoms with Gasteiger partial charge in [-0.3, -0.25) is 4.79 Å². The average Bonchev–Trinajstić information content (AvgIpc) is 3.42. The fourth-order valence-corrected chi connectivity index (χ4v) is 2.66. The van der Waals surface area contributed by atoms with Gasteiger partial charge in [0.2, 0.25) is 5.82 Å². The van der Waals surface area contributed by atoms with Crippen LogP contribution in [0.5, 0.6) is 0 Å². The van der Waals surface area contributed by atoms with Crippen molar-refractivity contribution in [2.75, 3.05) is 0 Å². The molecule has 1 N–H and O–H groups in total. The van der Waals surface area contributed by atoms with Crippen LogP contribution in [0.2, 0.25) is 0 Å². The molecule has 1 amide bonds. The summed E-state index contributed by atoms with van der Waals surface area (Å²) in [6.07, 6.45) is 2.34.